The number of phenols is 2. The number of hydrogen-bond donors (Lipinski definition) is 4. The maximum absolute atomic E-state index is 9.63. The van der Waals surface area contributed by atoms with Crippen LogP contribution in [0.1, 0.15) is 11.1 Å². The zero-order valence-corrected chi connectivity index (χ0v) is 13.1. The highest BCUT2D eigenvalue weighted by atomic mass is 79.9. The fraction of sp³-hybridized carbons (Fsp3) is 0. The maximum Gasteiger partial charge on any atom is 0.184 e. The lowest BCUT2D eigenvalue weighted by atomic mass is 10.0. The van der Waals surface area contributed by atoms with Crippen LogP contribution in [0, 0.1) is 0 Å². The number of hydrazone groups is 1. The smallest absolute Gasteiger partial charge is 0.184 e. The number of phenolic OH excluding ortho intramolecular Hbond substituents is 2. The Labute approximate surface area is 135 Å². The van der Waals surface area contributed by atoms with Crippen LogP contribution in [0.4, 0.5) is 0 Å². The van der Waals surface area contributed by atoms with E-state index >= 15 is 0 Å². The largest absolute Gasteiger partial charge is 0.508 e. The number of hydrogen-bond acceptors (Lipinski definition) is 4. The minimum Gasteiger partial charge on any atom is -0.508 e. The molecule has 2 aromatic carbocycles. The predicted octanol–water partition coefficient (Wildman–Crippen LogP) is 2.45. The molecule has 0 spiro atoms. The van der Waals surface area contributed by atoms with Gasteiger partial charge in [0.1, 0.15) is 11.5 Å². The Bertz CT molecular complexity index is 699. The van der Waals surface area contributed by atoms with Gasteiger partial charge >= 0.3 is 0 Å². The van der Waals surface area contributed by atoms with Crippen molar-refractivity contribution in [2.24, 2.45) is 10.8 Å². The number of nitrogens with one attached hydrogen (secondary N) is 1. The summed E-state index contributed by atoms with van der Waals surface area (Å²) in [4.78, 5) is 0. The summed E-state index contributed by atoms with van der Waals surface area (Å²) in [6, 6.07) is 11.6. The van der Waals surface area contributed by atoms with Gasteiger partial charge in [-0.25, -0.2) is 0 Å². The topological polar surface area (TPSA) is 90.9 Å². The molecule has 2 aromatic rings. The standard InChI is InChI=1S/C14H12BrN3O2S/c15-10-3-1-2-8(4-10)13(17-18-14(16)21)9-5-11(19)7-12(20)6-9/h1-7,19-20H,(H3,16,18,21). The summed E-state index contributed by atoms with van der Waals surface area (Å²) in [6.07, 6.45) is 0. The van der Waals surface area contributed by atoms with Gasteiger partial charge in [-0.15, -0.1) is 0 Å². The molecule has 5 N–H and O–H groups in total. The molecule has 21 heavy (non-hydrogen) atoms. The van der Waals surface area contributed by atoms with E-state index in [0.29, 0.717) is 11.3 Å². The number of aromatic hydroxyl groups is 2. The van der Waals surface area contributed by atoms with Crippen LogP contribution in [-0.2, 0) is 0 Å². The zero-order valence-electron chi connectivity index (χ0n) is 10.7. The van der Waals surface area contributed by atoms with E-state index in [9.17, 15) is 10.2 Å². The quantitative estimate of drug-likeness (QED) is 0.381. The molecule has 0 radical (unpaired) electrons. The van der Waals surface area contributed by atoms with E-state index in [1.807, 2.05) is 24.3 Å². The van der Waals surface area contributed by atoms with Crippen LogP contribution in [0.3, 0.4) is 0 Å². The summed E-state index contributed by atoms with van der Waals surface area (Å²) in [5, 5.41) is 23.4. The first-order chi connectivity index (χ1) is 9.95. The van der Waals surface area contributed by atoms with Gasteiger partial charge in [-0.05, 0) is 36.5 Å². The van der Waals surface area contributed by atoms with E-state index in [1.165, 1.54) is 18.2 Å². The molecule has 0 heterocycles. The molecule has 0 saturated carbocycles. The minimum absolute atomic E-state index is 0.0203. The van der Waals surface area contributed by atoms with Gasteiger partial charge in [-0.1, -0.05) is 28.1 Å². The molecule has 0 aliphatic carbocycles. The SMILES string of the molecule is NC(=S)NN=C(c1cc(O)cc(O)c1)c1cccc(Br)c1. The Balaban J connectivity index is 2.55. The first kappa shape index (κ1) is 15.3. The zero-order chi connectivity index (χ0) is 15.4. The number of thiocarbonyl (C=S) groups is 1. The molecule has 0 atom stereocenters. The highest BCUT2D eigenvalue weighted by Crippen LogP contribution is 2.24. The van der Waals surface area contributed by atoms with E-state index in [0.717, 1.165) is 10.0 Å². The summed E-state index contributed by atoms with van der Waals surface area (Å²) in [5.74, 6) is -0.133. The number of nitrogens with zero attached hydrogens (tertiary/aromatic N) is 1. The van der Waals surface area contributed by atoms with Gasteiger partial charge in [0.25, 0.3) is 0 Å². The monoisotopic (exact) mass is 365 g/mol. The van der Waals surface area contributed by atoms with Crippen LogP contribution >= 0.6 is 28.1 Å². The minimum atomic E-state index is -0.0666. The normalized spacial score (nSPS) is 11.2. The second kappa shape index (κ2) is 6.55. The average molecular weight is 366 g/mol. The van der Waals surface area contributed by atoms with Gasteiger partial charge in [0.15, 0.2) is 5.11 Å². The molecule has 0 aliphatic rings. The summed E-state index contributed by atoms with van der Waals surface area (Å²) >= 11 is 8.13. The van der Waals surface area contributed by atoms with E-state index in [-0.39, 0.29) is 16.6 Å². The lowest BCUT2D eigenvalue weighted by molar-refractivity contribution is 0.450. The molecule has 7 heteroatoms. The van der Waals surface area contributed by atoms with Crippen molar-refractivity contribution in [2.45, 2.75) is 0 Å². The Morgan fingerprint density at radius 1 is 1.10 bits per heavy atom. The third-order valence-electron chi connectivity index (χ3n) is 2.55. The molecular formula is C14H12BrN3O2S. The first-order valence-electron chi connectivity index (χ1n) is 5.88. The van der Waals surface area contributed by atoms with Gasteiger partial charge < -0.3 is 15.9 Å². The second-order valence-electron chi connectivity index (χ2n) is 4.18. The van der Waals surface area contributed by atoms with Crippen LogP contribution in [0.5, 0.6) is 11.5 Å². The third-order valence-corrected chi connectivity index (χ3v) is 3.14. The van der Waals surface area contributed by atoms with Crippen LogP contribution < -0.4 is 11.2 Å². The number of halogens is 1. The number of nitrogens with two attached hydrogens (primary N) is 1. The number of benzene rings is 2. The fourth-order valence-electron chi connectivity index (χ4n) is 1.77. The fourth-order valence-corrected chi connectivity index (χ4v) is 2.22. The molecule has 108 valence electrons. The second-order valence-corrected chi connectivity index (χ2v) is 5.54. The van der Waals surface area contributed by atoms with Crippen molar-refractivity contribution in [3.63, 3.8) is 0 Å². The molecule has 5 nitrogen and oxygen atoms in total. The van der Waals surface area contributed by atoms with Crippen molar-refractivity contribution in [2.75, 3.05) is 0 Å². The summed E-state index contributed by atoms with van der Waals surface area (Å²) < 4.78 is 0.868. The van der Waals surface area contributed by atoms with E-state index in [1.54, 1.807) is 0 Å². The molecular weight excluding hydrogens is 354 g/mol. The maximum atomic E-state index is 9.63. The lowest BCUT2D eigenvalue weighted by Gasteiger charge is -2.09. The highest BCUT2D eigenvalue weighted by Gasteiger charge is 2.10. The van der Waals surface area contributed by atoms with E-state index in [2.05, 4.69) is 26.5 Å². The first-order valence-corrected chi connectivity index (χ1v) is 7.08. The Kier molecular flexibility index (Phi) is 4.77. The van der Waals surface area contributed by atoms with Crippen LogP contribution in [0.2, 0.25) is 0 Å². The Hall–Kier alpha value is -2.12. The molecule has 0 saturated heterocycles. The van der Waals surface area contributed by atoms with E-state index < -0.39 is 0 Å². The molecule has 2 rings (SSSR count). The van der Waals surface area contributed by atoms with Crippen molar-refractivity contribution in [1.82, 2.24) is 5.43 Å². The van der Waals surface area contributed by atoms with Gasteiger partial charge in [-0.2, -0.15) is 5.10 Å². The summed E-state index contributed by atoms with van der Waals surface area (Å²) in [7, 11) is 0. The van der Waals surface area contributed by atoms with Crippen molar-refractivity contribution in [3.05, 3.63) is 58.1 Å². The van der Waals surface area contributed by atoms with Crippen molar-refractivity contribution < 1.29 is 10.2 Å². The van der Waals surface area contributed by atoms with Crippen molar-refractivity contribution >= 4 is 39.0 Å². The molecule has 0 unspecified atom stereocenters. The van der Waals surface area contributed by atoms with Crippen molar-refractivity contribution in [1.29, 1.82) is 0 Å². The van der Waals surface area contributed by atoms with Crippen LogP contribution in [0.15, 0.2) is 52.0 Å². The molecule has 0 amide bonds. The Morgan fingerprint density at radius 3 is 2.33 bits per heavy atom. The number of rotatable bonds is 3. The molecule has 0 aliphatic heterocycles. The molecule has 0 bridgehead atoms. The average Bonchev–Trinajstić information content (AvgIpc) is 2.37. The van der Waals surface area contributed by atoms with Crippen LogP contribution in [-0.4, -0.2) is 21.0 Å². The lowest BCUT2D eigenvalue weighted by Crippen LogP contribution is -2.26. The summed E-state index contributed by atoms with van der Waals surface area (Å²) in [5.41, 5.74) is 9.68. The van der Waals surface area contributed by atoms with Gasteiger partial charge in [0, 0.05) is 21.7 Å². The highest BCUT2D eigenvalue weighted by molar-refractivity contribution is 9.10. The van der Waals surface area contributed by atoms with E-state index in [4.69, 9.17) is 18.0 Å². The van der Waals surface area contributed by atoms with Gasteiger partial charge in [-0.3, -0.25) is 5.43 Å². The van der Waals surface area contributed by atoms with Gasteiger partial charge in [0.05, 0.1) is 5.71 Å². The van der Waals surface area contributed by atoms with Crippen LogP contribution in [0.25, 0.3) is 0 Å². The molecule has 0 aromatic heterocycles. The van der Waals surface area contributed by atoms with Crippen molar-refractivity contribution in [3.8, 4) is 11.5 Å². The Morgan fingerprint density at radius 2 is 1.76 bits per heavy atom. The summed E-state index contributed by atoms with van der Waals surface area (Å²) in [6.45, 7) is 0. The van der Waals surface area contributed by atoms with Gasteiger partial charge in [0.2, 0.25) is 0 Å². The predicted molar refractivity (Wildman–Crippen MR) is 89.5 cm³/mol. The third kappa shape index (κ3) is 4.17. The molecule has 0 fully saturated rings.